The topological polar surface area (TPSA) is 20.3 Å². The molecule has 0 aliphatic carbocycles. The summed E-state index contributed by atoms with van der Waals surface area (Å²) in [6.45, 7) is 9.50. The molecular weight excluding hydrogens is 303 g/mol. The molecule has 5 heteroatoms. The second-order valence-electron chi connectivity index (χ2n) is 5.60. The fourth-order valence-electron chi connectivity index (χ4n) is 2.48. The largest absolute Gasteiger partial charge is 0.343 e. The summed E-state index contributed by atoms with van der Waals surface area (Å²) in [4.78, 5) is 13.0. The Labute approximate surface area is 136 Å². The van der Waals surface area contributed by atoms with Crippen LogP contribution in [0.3, 0.4) is 0 Å². The van der Waals surface area contributed by atoms with Gasteiger partial charge in [-0.15, -0.1) is 6.58 Å². The van der Waals surface area contributed by atoms with Crippen molar-refractivity contribution in [1.82, 2.24) is 4.90 Å². The van der Waals surface area contributed by atoms with Gasteiger partial charge < -0.3 is 4.90 Å². The number of allylic oxidation sites excluding steroid dienone is 1. The molecule has 1 aromatic rings. The number of carbonyl (C=O) groups excluding carboxylic acids is 1. The second-order valence-corrected chi connectivity index (χ2v) is 5.60. The summed E-state index contributed by atoms with van der Waals surface area (Å²) in [6, 6.07) is 1.54. The van der Waals surface area contributed by atoms with Crippen molar-refractivity contribution in [3.8, 4) is 0 Å². The average Bonchev–Trinajstić information content (AvgIpc) is 2.90. The molecule has 0 radical (unpaired) electrons. The number of nitrogens with zero attached hydrogens (tertiary/aromatic N) is 1. The second kappa shape index (κ2) is 9.38. The Morgan fingerprint density at radius 2 is 2.00 bits per heavy atom. The van der Waals surface area contributed by atoms with Crippen LogP contribution >= 0.6 is 0 Å². The first-order chi connectivity index (χ1) is 10.9. The summed E-state index contributed by atoms with van der Waals surface area (Å²) < 4.78 is 38.2. The monoisotopic (exact) mass is 327 g/mol. The molecule has 0 aromatic heterocycles. The van der Waals surface area contributed by atoms with E-state index in [0.717, 1.165) is 32.0 Å². The minimum Gasteiger partial charge on any atom is -0.343 e. The van der Waals surface area contributed by atoms with Crippen molar-refractivity contribution in [2.24, 2.45) is 5.92 Å². The molecule has 0 bridgehead atoms. The van der Waals surface area contributed by atoms with Crippen LogP contribution in [0.1, 0.15) is 38.7 Å². The minimum atomic E-state index is -1.14. The van der Waals surface area contributed by atoms with E-state index in [-0.39, 0.29) is 12.0 Å². The number of halogens is 3. The van der Waals surface area contributed by atoms with Gasteiger partial charge in [0.25, 0.3) is 0 Å². The predicted molar refractivity (Wildman–Crippen MR) is 85.5 cm³/mol. The number of carbonyl (C=O) groups is 1. The molecule has 2 nitrogen and oxygen atoms in total. The van der Waals surface area contributed by atoms with Crippen molar-refractivity contribution in [1.29, 1.82) is 0 Å². The van der Waals surface area contributed by atoms with Gasteiger partial charge in [-0.2, -0.15) is 0 Å². The van der Waals surface area contributed by atoms with Crippen LogP contribution in [0, 0.1) is 23.4 Å². The van der Waals surface area contributed by atoms with Gasteiger partial charge in [0.05, 0.1) is 0 Å². The Morgan fingerprint density at radius 3 is 2.48 bits per heavy atom. The highest BCUT2D eigenvalue weighted by atomic mass is 19.2. The Morgan fingerprint density at radius 1 is 1.30 bits per heavy atom. The molecule has 0 unspecified atom stereocenters. The normalized spacial score (nSPS) is 17.0. The van der Waals surface area contributed by atoms with Crippen LogP contribution in [-0.2, 0) is 11.2 Å². The Hall–Kier alpha value is -1.78. The van der Waals surface area contributed by atoms with Gasteiger partial charge in [0.2, 0.25) is 5.91 Å². The number of likely N-dealkylation sites (tertiary alicyclic amines) is 1. The lowest BCUT2D eigenvalue weighted by Gasteiger charge is -2.12. The molecule has 0 spiro atoms. The highest BCUT2D eigenvalue weighted by Crippen LogP contribution is 2.19. The van der Waals surface area contributed by atoms with Crippen molar-refractivity contribution < 1.29 is 18.0 Å². The van der Waals surface area contributed by atoms with E-state index in [1.807, 2.05) is 11.8 Å². The quantitative estimate of drug-likeness (QED) is 0.576. The van der Waals surface area contributed by atoms with E-state index in [2.05, 4.69) is 13.5 Å². The Bertz CT molecular complexity index is 545. The van der Waals surface area contributed by atoms with Gasteiger partial charge in [-0.25, -0.2) is 13.2 Å². The molecule has 1 amide bonds. The first kappa shape index (κ1) is 19.3. The van der Waals surface area contributed by atoms with E-state index >= 15 is 0 Å². The maximum absolute atomic E-state index is 12.9. The maximum atomic E-state index is 12.9. The molecule has 1 saturated heterocycles. The Kier molecular flexibility index (Phi) is 7.86. The molecule has 1 heterocycles. The van der Waals surface area contributed by atoms with Gasteiger partial charge in [0.15, 0.2) is 11.6 Å². The highest BCUT2D eigenvalue weighted by Gasteiger charge is 2.26. The summed E-state index contributed by atoms with van der Waals surface area (Å²) in [5.74, 6) is -1.89. The van der Waals surface area contributed by atoms with E-state index in [1.54, 1.807) is 6.08 Å². The first-order valence-electron chi connectivity index (χ1n) is 7.94. The lowest BCUT2D eigenvalue weighted by Crippen LogP contribution is -2.24. The molecule has 128 valence electrons. The molecule has 0 N–H and O–H groups in total. The van der Waals surface area contributed by atoms with E-state index in [1.165, 1.54) is 0 Å². The lowest BCUT2D eigenvalue weighted by atomic mass is 10.1. The molecule has 2 rings (SSSR count). The molecule has 0 saturated carbocycles. The van der Waals surface area contributed by atoms with E-state index in [9.17, 15) is 18.0 Å². The predicted octanol–water partition coefficient (Wildman–Crippen LogP) is 4.49. The van der Waals surface area contributed by atoms with E-state index in [4.69, 9.17) is 0 Å². The number of hydrogen-bond donors (Lipinski definition) is 0. The lowest BCUT2D eigenvalue weighted by molar-refractivity contribution is -0.127. The standard InChI is InChI=1S/C10H9F3.C8H15NO/c1-2-3-4-7-5-8(11)6-9(12)10(7)13;1-3-7-5-8(10)9(4-2)6-7/h2,5-6H,1,3-4H2;7H,3-6H2,1-2H3/t;7-/m.0/s1. The van der Waals surface area contributed by atoms with Crippen molar-refractivity contribution in [3.05, 3.63) is 47.8 Å². The van der Waals surface area contributed by atoms with Gasteiger partial charge in [0.1, 0.15) is 5.82 Å². The smallest absolute Gasteiger partial charge is 0.222 e. The third-order valence-corrected chi connectivity index (χ3v) is 3.94. The molecule has 1 aliphatic heterocycles. The van der Waals surface area contributed by atoms with Gasteiger partial charge in [-0.05, 0) is 37.3 Å². The molecule has 1 atom stereocenters. The van der Waals surface area contributed by atoms with E-state index in [0.29, 0.717) is 24.3 Å². The summed E-state index contributed by atoms with van der Waals surface area (Å²) in [6.07, 6.45) is 4.26. The van der Waals surface area contributed by atoms with Gasteiger partial charge in [-0.3, -0.25) is 4.79 Å². The summed E-state index contributed by atoms with van der Waals surface area (Å²) in [5, 5.41) is 0. The van der Waals surface area contributed by atoms with Crippen molar-refractivity contribution in [3.63, 3.8) is 0 Å². The fourth-order valence-corrected chi connectivity index (χ4v) is 2.48. The maximum Gasteiger partial charge on any atom is 0.222 e. The minimum absolute atomic E-state index is 0.0531. The van der Waals surface area contributed by atoms with Gasteiger partial charge in [0, 0.05) is 25.6 Å². The van der Waals surface area contributed by atoms with Gasteiger partial charge in [-0.1, -0.05) is 19.4 Å². The zero-order chi connectivity index (χ0) is 17.4. The number of rotatable bonds is 5. The molecule has 1 aliphatic rings. The average molecular weight is 327 g/mol. The number of amides is 1. The van der Waals surface area contributed by atoms with Crippen LogP contribution < -0.4 is 0 Å². The molecular formula is C18H24F3NO. The third kappa shape index (κ3) is 5.73. The third-order valence-electron chi connectivity index (χ3n) is 3.94. The zero-order valence-corrected chi connectivity index (χ0v) is 13.7. The van der Waals surface area contributed by atoms with Gasteiger partial charge >= 0.3 is 0 Å². The highest BCUT2D eigenvalue weighted by molar-refractivity contribution is 5.78. The van der Waals surface area contributed by atoms with Crippen LogP contribution in [-0.4, -0.2) is 23.9 Å². The van der Waals surface area contributed by atoms with Crippen molar-refractivity contribution in [2.45, 2.75) is 39.5 Å². The zero-order valence-electron chi connectivity index (χ0n) is 13.7. The van der Waals surface area contributed by atoms with Crippen LogP contribution in [0.5, 0.6) is 0 Å². The molecule has 1 fully saturated rings. The molecule has 1 aromatic carbocycles. The summed E-state index contributed by atoms with van der Waals surface area (Å²) in [7, 11) is 0. The Balaban J connectivity index is 0.000000238. The summed E-state index contributed by atoms with van der Waals surface area (Å²) >= 11 is 0. The number of benzene rings is 1. The fraction of sp³-hybridized carbons (Fsp3) is 0.500. The summed E-state index contributed by atoms with van der Waals surface area (Å²) in [5.41, 5.74) is 0.0531. The van der Waals surface area contributed by atoms with Crippen LogP contribution in [0.25, 0.3) is 0 Å². The van der Waals surface area contributed by atoms with Crippen molar-refractivity contribution in [2.75, 3.05) is 13.1 Å². The SMILES string of the molecule is C=CCCc1cc(F)cc(F)c1F.CC[C@H]1CC(=O)N(CC)C1. The first-order valence-corrected chi connectivity index (χ1v) is 7.94. The van der Waals surface area contributed by atoms with Crippen LogP contribution in [0.4, 0.5) is 13.2 Å². The number of aryl methyl sites for hydroxylation is 1. The van der Waals surface area contributed by atoms with E-state index < -0.39 is 17.5 Å². The van der Waals surface area contributed by atoms with Crippen molar-refractivity contribution >= 4 is 5.91 Å². The molecule has 23 heavy (non-hydrogen) atoms. The number of hydrogen-bond acceptors (Lipinski definition) is 1. The van der Waals surface area contributed by atoms with Crippen LogP contribution in [0.15, 0.2) is 24.8 Å². The van der Waals surface area contributed by atoms with Crippen LogP contribution in [0.2, 0.25) is 0 Å².